The molecule has 0 spiro atoms. The Kier molecular flexibility index (Phi) is 6.98. The zero-order valence-corrected chi connectivity index (χ0v) is 20.3. The summed E-state index contributed by atoms with van der Waals surface area (Å²) >= 11 is 0. The topological polar surface area (TPSA) is 84.7 Å². The van der Waals surface area contributed by atoms with E-state index in [0.717, 1.165) is 17.5 Å². The molecule has 4 aromatic rings. The Morgan fingerprint density at radius 2 is 1.95 bits per heavy atom. The summed E-state index contributed by atoms with van der Waals surface area (Å²) in [6.07, 6.45) is 2.04. The molecular weight excluding hydrogens is 473 g/mol. The molecule has 1 aliphatic rings. The fraction of sp³-hybridized carbons (Fsp3) is 0.207. The van der Waals surface area contributed by atoms with Crippen molar-refractivity contribution in [1.29, 1.82) is 0 Å². The minimum atomic E-state index is -0.428. The second kappa shape index (κ2) is 10.7. The molecule has 0 radical (unpaired) electrons. The van der Waals surface area contributed by atoms with Crippen LogP contribution in [0.3, 0.4) is 0 Å². The second-order valence-electron chi connectivity index (χ2n) is 8.86. The molecule has 37 heavy (non-hydrogen) atoms. The Labute approximate surface area is 213 Å². The van der Waals surface area contributed by atoms with Crippen LogP contribution in [0.1, 0.15) is 51.6 Å². The molecular formula is C29H26FN3O4. The van der Waals surface area contributed by atoms with E-state index in [1.165, 1.54) is 24.0 Å². The van der Waals surface area contributed by atoms with Gasteiger partial charge in [0.05, 0.1) is 6.04 Å². The first-order valence-electron chi connectivity index (χ1n) is 12.0. The Balaban J connectivity index is 1.27. The lowest BCUT2D eigenvalue weighted by atomic mass is 9.88. The van der Waals surface area contributed by atoms with Crippen molar-refractivity contribution >= 4 is 11.8 Å². The lowest BCUT2D eigenvalue weighted by Gasteiger charge is -2.37. The lowest BCUT2D eigenvalue weighted by Crippen LogP contribution is -2.39. The number of benzene rings is 3. The molecule has 2 heterocycles. The van der Waals surface area contributed by atoms with Gasteiger partial charge in [-0.3, -0.25) is 9.59 Å². The maximum atomic E-state index is 13.3. The van der Waals surface area contributed by atoms with Crippen molar-refractivity contribution in [3.63, 3.8) is 0 Å². The number of carbonyl (C=O) groups excluding carboxylic acids is 2. The van der Waals surface area contributed by atoms with Gasteiger partial charge in [0.2, 0.25) is 11.8 Å². The van der Waals surface area contributed by atoms with Crippen LogP contribution < -0.4 is 10.1 Å². The second-order valence-corrected chi connectivity index (χ2v) is 8.86. The first kappa shape index (κ1) is 24.2. The number of oxazole rings is 1. The summed E-state index contributed by atoms with van der Waals surface area (Å²) in [5.41, 5.74) is 3.99. The highest BCUT2D eigenvalue weighted by atomic mass is 19.1. The van der Waals surface area contributed by atoms with Crippen LogP contribution in [0.4, 0.5) is 4.39 Å². The van der Waals surface area contributed by atoms with Gasteiger partial charge < -0.3 is 19.4 Å². The summed E-state index contributed by atoms with van der Waals surface area (Å²) in [4.78, 5) is 30.9. The van der Waals surface area contributed by atoms with E-state index in [2.05, 4.69) is 10.3 Å². The van der Waals surface area contributed by atoms with Crippen molar-refractivity contribution in [3.8, 4) is 5.75 Å². The van der Waals surface area contributed by atoms with Crippen molar-refractivity contribution in [3.05, 3.63) is 119 Å². The number of rotatable bonds is 7. The van der Waals surface area contributed by atoms with E-state index in [9.17, 15) is 14.0 Å². The van der Waals surface area contributed by atoms with E-state index < -0.39 is 5.91 Å². The molecule has 7 nitrogen and oxygen atoms in total. The molecule has 5 rings (SSSR count). The average molecular weight is 500 g/mol. The summed E-state index contributed by atoms with van der Waals surface area (Å²) in [7, 11) is 0. The third kappa shape index (κ3) is 5.53. The highest BCUT2D eigenvalue weighted by molar-refractivity contribution is 5.91. The van der Waals surface area contributed by atoms with Gasteiger partial charge in [0.25, 0.3) is 5.91 Å². The maximum absolute atomic E-state index is 13.3. The van der Waals surface area contributed by atoms with Gasteiger partial charge in [-0.1, -0.05) is 48.5 Å². The molecule has 1 aromatic heterocycles. The molecule has 0 fully saturated rings. The van der Waals surface area contributed by atoms with Crippen molar-refractivity contribution in [2.75, 3.05) is 6.54 Å². The first-order chi connectivity index (χ1) is 18.0. The van der Waals surface area contributed by atoms with E-state index in [0.29, 0.717) is 17.9 Å². The number of halogens is 1. The number of ether oxygens (including phenoxy) is 1. The minimum Gasteiger partial charge on any atom is -0.484 e. The van der Waals surface area contributed by atoms with Crippen LogP contribution in [0.15, 0.2) is 83.5 Å². The number of hydrogen-bond acceptors (Lipinski definition) is 5. The third-order valence-electron chi connectivity index (χ3n) is 6.35. The van der Waals surface area contributed by atoms with E-state index in [-0.39, 0.29) is 42.5 Å². The van der Waals surface area contributed by atoms with Gasteiger partial charge in [0.15, 0.2) is 12.3 Å². The molecule has 0 bridgehead atoms. The zero-order chi connectivity index (χ0) is 25.8. The molecule has 3 aromatic carbocycles. The quantitative estimate of drug-likeness (QED) is 0.394. The van der Waals surface area contributed by atoms with Gasteiger partial charge in [-0.2, -0.15) is 0 Å². The third-order valence-corrected chi connectivity index (χ3v) is 6.35. The van der Waals surface area contributed by atoms with Crippen LogP contribution in [0.25, 0.3) is 0 Å². The molecule has 0 aliphatic carbocycles. The van der Waals surface area contributed by atoms with Crippen molar-refractivity contribution < 1.29 is 23.1 Å². The highest BCUT2D eigenvalue weighted by Gasteiger charge is 2.30. The first-order valence-corrected chi connectivity index (χ1v) is 12.0. The van der Waals surface area contributed by atoms with E-state index in [1.54, 1.807) is 19.1 Å². The fourth-order valence-corrected chi connectivity index (χ4v) is 4.56. The Bertz CT molecular complexity index is 1420. The van der Waals surface area contributed by atoms with Crippen molar-refractivity contribution in [1.82, 2.24) is 15.2 Å². The summed E-state index contributed by atoms with van der Waals surface area (Å²) < 4.78 is 24.7. The van der Waals surface area contributed by atoms with Crippen molar-refractivity contribution in [2.24, 2.45) is 0 Å². The molecule has 1 atom stereocenters. The van der Waals surface area contributed by atoms with Crippen LogP contribution in [0.2, 0.25) is 0 Å². The smallest absolute Gasteiger partial charge is 0.273 e. The van der Waals surface area contributed by atoms with Gasteiger partial charge in [-0.25, -0.2) is 9.37 Å². The van der Waals surface area contributed by atoms with Crippen LogP contribution in [-0.4, -0.2) is 28.2 Å². The molecule has 8 heteroatoms. The number of nitrogens with zero attached hydrogens (tertiary/aromatic N) is 2. The number of nitrogens with one attached hydrogen (secondary N) is 1. The number of hydrogen-bond donors (Lipinski definition) is 1. The Hall–Kier alpha value is -4.46. The predicted molar refractivity (Wildman–Crippen MR) is 134 cm³/mol. The Morgan fingerprint density at radius 1 is 1.11 bits per heavy atom. The normalized spacial score (nSPS) is 14.6. The van der Waals surface area contributed by atoms with Gasteiger partial charge in [0.1, 0.15) is 17.8 Å². The minimum absolute atomic E-state index is 0.0221. The molecule has 2 amide bonds. The van der Waals surface area contributed by atoms with Gasteiger partial charge >= 0.3 is 0 Å². The summed E-state index contributed by atoms with van der Waals surface area (Å²) in [5, 5.41) is 2.70. The van der Waals surface area contributed by atoms with Crippen LogP contribution in [0, 0.1) is 5.82 Å². The summed E-state index contributed by atoms with van der Waals surface area (Å²) in [6.45, 7) is 2.45. The zero-order valence-electron chi connectivity index (χ0n) is 20.3. The van der Waals surface area contributed by atoms with Gasteiger partial charge in [0, 0.05) is 20.0 Å². The number of amides is 2. The molecule has 1 aliphatic heterocycles. The molecule has 1 N–H and O–H groups in total. The van der Waals surface area contributed by atoms with Gasteiger partial charge in [-0.05, 0) is 52.9 Å². The van der Waals surface area contributed by atoms with Gasteiger partial charge in [-0.15, -0.1) is 0 Å². The lowest BCUT2D eigenvalue weighted by molar-refractivity contribution is -0.130. The molecule has 0 saturated heterocycles. The fourth-order valence-electron chi connectivity index (χ4n) is 4.56. The van der Waals surface area contributed by atoms with Crippen molar-refractivity contribution in [2.45, 2.75) is 32.5 Å². The average Bonchev–Trinajstić information content (AvgIpc) is 3.39. The van der Waals surface area contributed by atoms with Crippen LogP contribution >= 0.6 is 0 Å². The summed E-state index contributed by atoms with van der Waals surface area (Å²) in [6, 6.07) is 21.6. The predicted octanol–water partition coefficient (Wildman–Crippen LogP) is 4.82. The Morgan fingerprint density at radius 3 is 2.73 bits per heavy atom. The molecule has 0 saturated carbocycles. The van der Waals surface area contributed by atoms with E-state index >= 15 is 0 Å². The molecule has 188 valence electrons. The standard InChI is InChI=1S/C29H26FN3O4/c1-19(34)33-13-12-21-10-11-24(15-25(21)28(33)22-7-3-2-4-8-22)36-18-27-32-26(17-37-27)29(35)31-16-20-6-5-9-23(30)14-20/h2-11,14-15,17,28H,12-13,16,18H2,1H3,(H,31,35). The summed E-state index contributed by atoms with van der Waals surface area (Å²) in [5.74, 6) is 0.0924. The number of aromatic nitrogens is 1. The maximum Gasteiger partial charge on any atom is 0.273 e. The molecule has 1 unspecified atom stereocenters. The highest BCUT2D eigenvalue weighted by Crippen LogP contribution is 2.37. The number of fused-ring (bicyclic) bond motifs is 1. The monoisotopic (exact) mass is 499 g/mol. The van der Waals surface area contributed by atoms with Crippen LogP contribution in [0.5, 0.6) is 5.75 Å². The van der Waals surface area contributed by atoms with Crippen LogP contribution in [-0.2, 0) is 24.4 Å². The van der Waals surface area contributed by atoms with E-state index in [4.69, 9.17) is 9.15 Å². The SMILES string of the molecule is CC(=O)N1CCc2ccc(OCc3nc(C(=O)NCc4cccc(F)c4)co3)cc2C1c1ccccc1. The largest absolute Gasteiger partial charge is 0.484 e. The number of carbonyl (C=O) groups is 2. The van der Waals surface area contributed by atoms with E-state index in [1.807, 2.05) is 53.4 Å².